The van der Waals surface area contributed by atoms with Gasteiger partial charge in [-0.15, -0.1) is 0 Å². The van der Waals surface area contributed by atoms with E-state index in [1.165, 1.54) is 0 Å². The summed E-state index contributed by atoms with van der Waals surface area (Å²) in [5, 5.41) is 12.9. The fourth-order valence-corrected chi connectivity index (χ4v) is 2.68. The fourth-order valence-electron chi connectivity index (χ4n) is 2.68. The number of imidazole rings is 1. The molecule has 0 fully saturated rings. The zero-order valence-electron chi connectivity index (χ0n) is 16.6. The van der Waals surface area contributed by atoms with Gasteiger partial charge in [-0.1, -0.05) is 26.8 Å². The number of amides is 1. The molecule has 3 aromatic rings. The Kier molecular flexibility index (Phi) is 5.40. The summed E-state index contributed by atoms with van der Waals surface area (Å²) in [7, 11) is 1.91. The second kappa shape index (κ2) is 7.76. The molecule has 6 nitrogen and oxygen atoms in total. The Bertz CT molecular complexity index is 969. The van der Waals surface area contributed by atoms with Crippen molar-refractivity contribution in [2.45, 2.75) is 32.8 Å². The average molecular weight is 379 g/mol. The fraction of sp³-hybridized carbons (Fsp3) is 0.273. The summed E-state index contributed by atoms with van der Waals surface area (Å²) < 4.78 is 7.59. The Hall–Kier alpha value is -3.28. The molecule has 0 aliphatic heterocycles. The molecular formula is C22H25N3O3. The zero-order chi connectivity index (χ0) is 20.3. The molecule has 0 aliphatic carbocycles. The normalized spacial score (nSPS) is 11.3. The van der Waals surface area contributed by atoms with E-state index >= 15 is 0 Å². The molecule has 0 aliphatic rings. The zero-order valence-corrected chi connectivity index (χ0v) is 16.6. The van der Waals surface area contributed by atoms with E-state index in [1.54, 1.807) is 42.6 Å². The summed E-state index contributed by atoms with van der Waals surface area (Å²) in [5.74, 6) is 1.21. The number of anilines is 1. The lowest BCUT2D eigenvalue weighted by atomic mass is 9.87. The summed E-state index contributed by atoms with van der Waals surface area (Å²) in [6.45, 7) is 6.58. The van der Waals surface area contributed by atoms with Crippen LogP contribution in [0.5, 0.6) is 11.5 Å². The van der Waals surface area contributed by atoms with Gasteiger partial charge in [0.15, 0.2) is 0 Å². The van der Waals surface area contributed by atoms with Crippen LogP contribution in [0, 0.1) is 0 Å². The van der Waals surface area contributed by atoms with Gasteiger partial charge in [-0.25, -0.2) is 4.98 Å². The number of carbonyl (C=O) groups excluding carboxylic acids is 1. The molecule has 6 heteroatoms. The molecule has 0 bridgehead atoms. The summed E-state index contributed by atoms with van der Waals surface area (Å²) in [6, 6.07) is 12.1. The van der Waals surface area contributed by atoms with Crippen LogP contribution in [0.3, 0.4) is 0 Å². The smallest absolute Gasteiger partial charge is 0.255 e. The number of phenols is 1. The molecule has 146 valence electrons. The third kappa shape index (κ3) is 4.52. The topological polar surface area (TPSA) is 76.4 Å². The second-order valence-corrected chi connectivity index (χ2v) is 7.70. The Morgan fingerprint density at radius 2 is 1.89 bits per heavy atom. The highest BCUT2D eigenvalue weighted by molar-refractivity contribution is 6.05. The monoisotopic (exact) mass is 379 g/mol. The van der Waals surface area contributed by atoms with Gasteiger partial charge >= 0.3 is 0 Å². The molecule has 0 atom stereocenters. The van der Waals surface area contributed by atoms with Crippen LogP contribution in [0.25, 0.3) is 0 Å². The van der Waals surface area contributed by atoms with Gasteiger partial charge in [-0.05, 0) is 47.4 Å². The number of aryl methyl sites for hydroxylation is 1. The lowest BCUT2D eigenvalue weighted by molar-refractivity contribution is 0.102. The van der Waals surface area contributed by atoms with Gasteiger partial charge in [0.2, 0.25) is 0 Å². The van der Waals surface area contributed by atoms with Crippen LogP contribution in [-0.4, -0.2) is 20.6 Å². The number of nitrogens with zero attached hydrogens (tertiary/aromatic N) is 2. The molecule has 0 saturated heterocycles. The van der Waals surface area contributed by atoms with Crippen LogP contribution in [0.4, 0.5) is 5.69 Å². The van der Waals surface area contributed by atoms with Crippen molar-refractivity contribution in [3.63, 3.8) is 0 Å². The number of hydrogen-bond donors (Lipinski definition) is 2. The quantitative estimate of drug-likeness (QED) is 0.650. The van der Waals surface area contributed by atoms with Crippen LogP contribution < -0.4 is 10.1 Å². The van der Waals surface area contributed by atoms with Crippen molar-refractivity contribution in [1.82, 2.24) is 9.55 Å². The summed E-state index contributed by atoms with van der Waals surface area (Å²) in [4.78, 5) is 16.8. The minimum atomic E-state index is -0.294. The van der Waals surface area contributed by atoms with Crippen molar-refractivity contribution in [3.05, 3.63) is 71.8 Å². The van der Waals surface area contributed by atoms with E-state index in [1.807, 2.05) is 23.9 Å². The number of carbonyl (C=O) groups is 1. The largest absolute Gasteiger partial charge is 0.506 e. The van der Waals surface area contributed by atoms with Gasteiger partial charge in [0, 0.05) is 25.0 Å². The predicted molar refractivity (Wildman–Crippen MR) is 109 cm³/mol. The number of aromatic nitrogens is 2. The Labute approximate surface area is 164 Å². The number of aromatic hydroxyl groups is 1. The maximum absolute atomic E-state index is 12.6. The summed E-state index contributed by atoms with van der Waals surface area (Å²) in [5.41, 5.74) is 1.82. The van der Waals surface area contributed by atoms with Crippen LogP contribution >= 0.6 is 0 Å². The van der Waals surface area contributed by atoms with Crippen molar-refractivity contribution in [3.8, 4) is 11.5 Å². The van der Waals surface area contributed by atoms with E-state index in [0.717, 1.165) is 11.4 Å². The third-order valence-corrected chi connectivity index (χ3v) is 4.52. The van der Waals surface area contributed by atoms with Crippen molar-refractivity contribution >= 4 is 11.6 Å². The Morgan fingerprint density at radius 1 is 1.18 bits per heavy atom. The lowest BCUT2D eigenvalue weighted by Gasteiger charge is -2.20. The highest BCUT2D eigenvalue weighted by Crippen LogP contribution is 2.31. The minimum Gasteiger partial charge on any atom is -0.506 e. The standard InChI is InChI=1S/C22H25N3O3/c1-22(2,3)16-7-10-19(26)18(13-16)24-21(27)15-5-8-17(9-6-15)28-14-20-23-11-12-25(20)4/h5-13,26H,14H2,1-4H3,(H,24,27). The van der Waals surface area contributed by atoms with E-state index < -0.39 is 0 Å². The first kappa shape index (κ1) is 19.5. The molecule has 0 unspecified atom stereocenters. The van der Waals surface area contributed by atoms with Gasteiger partial charge in [0.05, 0.1) is 5.69 Å². The first-order chi connectivity index (χ1) is 13.2. The summed E-state index contributed by atoms with van der Waals surface area (Å²) >= 11 is 0. The highest BCUT2D eigenvalue weighted by Gasteiger charge is 2.17. The van der Waals surface area contributed by atoms with Gasteiger partial charge < -0.3 is 19.7 Å². The SMILES string of the molecule is Cn1ccnc1COc1ccc(C(=O)Nc2cc(C(C)(C)C)ccc2O)cc1. The van der Waals surface area contributed by atoms with E-state index in [9.17, 15) is 9.90 Å². The molecule has 3 rings (SSSR count). The highest BCUT2D eigenvalue weighted by atomic mass is 16.5. The van der Waals surface area contributed by atoms with Crippen molar-refractivity contribution in [2.75, 3.05) is 5.32 Å². The van der Waals surface area contributed by atoms with E-state index in [4.69, 9.17) is 4.74 Å². The number of rotatable bonds is 5. The number of hydrogen-bond acceptors (Lipinski definition) is 4. The lowest BCUT2D eigenvalue weighted by Crippen LogP contribution is -2.15. The number of ether oxygens (including phenoxy) is 1. The molecule has 0 radical (unpaired) electrons. The maximum Gasteiger partial charge on any atom is 0.255 e. The molecular weight excluding hydrogens is 354 g/mol. The molecule has 1 aromatic heterocycles. The van der Waals surface area contributed by atoms with E-state index in [2.05, 4.69) is 31.1 Å². The second-order valence-electron chi connectivity index (χ2n) is 7.70. The van der Waals surface area contributed by atoms with Crippen molar-refractivity contribution in [1.29, 1.82) is 0 Å². The average Bonchev–Trinajstić information content (AvgIpc) is 3.06. The molecule has 1 amide bonds. The third-order valence-electron chi connectivity index (χ3n) is 4.52. The number of benzene rings is 2. The summed E-state index contributed by atoms with van der Waals surface area (Å²) in [6.07, 6.45) is 3.58. The first-order valence-electron chi connectivity index (χ1n) is 9.08. The van der Waals surface area contributed by atoms with Crippen LogP contribution in [0.15, 0.2) is 54.9 Å². The molecule has 1 heterocycles. The molecule has 0 saturated carbocycles. The van der Waals surface area contributed by atoms with Crippen LogP contribution in [0.1, 0.15) is 42.5 Å². The van der Waals surface area contributed by atoms with Crippen LogP contribution in [-0.2, 0) is 19.1 Å². The van der Waals surface area contributed by atoms with Crippen molar-refractivity contribution < 1.29 is 14.6 Å². The minimum absolute atomic E-state index is 0.0383. The first-order valence-corrected chi connectivity index (χ1v) is 9.08. The Morgan fingerprint density at radius 3 is 2.50 bits per heavy atom. The maximum atomic E-state index is 12.6. The number of phenolic OH excluding ortho intramolecular Hbond substituents is 1. The van der Waals surface area contributed by atoms with Crippen LogP contribution in [0.2, 0.25) is 0 Å². The van der Waals surface area contributed by atoms with Gasteiger partial charge in [0.25, 0.3) is 5.91 Å². The van der Waals surface area contributed by atoms with Gasteiger partial charge in [-0.2, -0.15) is 0 Å². The van der Waals surface area contributed by atoms with E-state index in [0.29, 0.717) is 23.6 Å². The number of nitrogens with one attached hydrogen (secondary N) is 1. The van der Waals surface area contributed by atoms with Gasteiger partial charge in [0.1, 0.15) is 23.9 Å². The predicted octanol–water partition coefficient (Wildman–Crippen LogP) is 4.25. The molecule has 2 aromatic carbocycles. The van der Waals surface area contributed by atoms with Gasteiger partial charge in [-0.3, -0.25) is 4.79 Å². The Balaban J connectivity index is 1.67. The molecule has 0 spiro atoms. The molecule has 2 N–H and O–H groups in total. The molecule has 28 heavy (non-hydrogen) atoms. The van der Waals surface area contributed by atoms with E-state index in [-0.39, 0.29) is 17.1 Å². The van der Waals surface area contributed by atoms with Crippen molar-refractivity contribution in [2.24, 2.45) is 7.05 Å².